The van der Waals surface area contributed by atoms with E-state index in [2.05, 4.69) is 101 Å². The highest BCUT2D eigenvalue weighted by molar-refractivity contribution is 6.00. The monoisotopic (exact) mass is 754 g/mol. The lowest BCUT2D eigenvalue weighted by atomic mass is 9.70. The van der Waals surface area contributed by atoms with E-state index >= 15 is 0 Å². The maximum absolute atomic E-state index is 13.6. The number of ether oxygens (including phenoxy) is 1. The Balaban J connectivity index is 0.931. The van der Waals surface area contributed by atoms with Crippen LogP contribution in [0.15, 0.2) is 72.9 Å². The molecule has 3 fully saturated rings. The Morgan fingerprint density at radius 2 is 1.70 bits per heavy atom. The fourth-order valence-corrected chi connectivity index (χ4v) is 8.76. The molecule has 0 spiro atoms. The maximum Gasteiger partial charge on any atom is 0.251 e. The van der Waals surface area contributed by atoms with Crippen LogP contribution in [0.25, 0.3) is 22.2 Å². The lowest BCUT2D eigenvalue weighted by Crippen LogP contribution is -2.86. The van der Waals surface area contributed by atoms with Gasteiger partial charge in [-0.05, 0) is 97.7 Å². The van der Waals surface area contributed by atoms with Gasteiger partial charge < -0.3 is 26.0 Å². The van der Waals surface area contributed by atoms with Crippen LogP contribution in [-0.4, -0.2) is 75.4 Å². The van der Waals surface area contributed by atoms with Crippen LogP contribution in [0.2, 0.25) is 0 Å². The third-order valence-electron chi connectivity index (χ3n) is 12.3. The summed E-state index contributed by atoms with van der Waals surface area (Å²) < 4.78 is 7.52. The third-order valence-corrected chi connectivity index (χ3v) is 12.3. The first kappa shape index (κ1) is 37.8. The van der Waals surface area contributed by atoms with Crippen molar-refractivity contribution in [2.75, 3.05) is 31.6 Å². The van der Waals surface area contributed by atoms with Crippen molar-refractivity contribution in [3.05, 3.63) is 112 Å². The minimum atomic E-state index is -0.253. The Hall–Kier alpha value is -5.10. The van der Waals surface area contributed by atoms with Crippen LogP contribution in [0, 0.1) is 6.92 Å². The molecule has 3 aliphatic heterocycles. The first-order valence-electron chi connectivity index (χ1n) is 20.4. The third kappa shape index (κ3) is 7.31. The number of benzene rings is 3. The van der Waals surface area contributed by atoms with Gasteiger partial charge in [0.2, 0.25) is 0 Å². The van der Waals surface area contributed by atoms with Crippen LogP contribution in [0.5, 0.6) is 0 Å². The van der Waals surface area contributed by atoms with E-state index in [1.165, 1.54) is 28.7 Å². The number of hydrogen-bond donors (Lipinski definition) is 4. The van der Waals surface area contributed by atoms with Crippen molar-refractivity contribution >= 4 is 28.5 Å². The molecular weight excluding hydrogens is 701 g/mol. The quantitative estimate of drug-likeness (QED) is 0.103. The minimum Gasteiger partial charge on any atom is -0.381 e. The molecule has 2 aromatic heterocycles. The highest BCUT2D eigenvalue weighted by Crippen LogP contribution is 2.41. The zero-order chi connectivity index (χ0) is 38.8. The van der Waals surface area contributed by atoms with Crippen LogP contribution in [0.1, 0.15) is 88.7 Å². The lowest BCUT2D eigenvalue weighted by molar-refractivity contribution is -0.121. The summed E-state index contributed by atoms with van der Waals surface area (Å²) in [6.07, 6.45) is 5.56. The van der Waals surface area contributed by atoms with Gasteiger partial charge in [0.25, 0.3) is 11.8 Å². The fraction of sp³-hybridized carbons (Fsp3) is 0.422. The lowest BCUT2D eigenvalue weighted by Gasteiger charge is -2.66. The number of nitrogens with zero attached hydrogens (tertiary/aromatic N) is 4. The largest absolute Gasteiger partial charge is 0.381 e. The van der Waals surface area contributed by atoms with Crippen LogP contribution in [0.3, 0.4) is 0 Å². The number of fused-ring (bicyclic) bond motifs is 2. The van der Waals surface area contributed by atoms with Gasteiger partial charge in [-0.15, -0.1) is 0 Å². The van der Waals surface area contributed by atoms with Crippen molar-refractivity contribution in [3.8, 4) is 11.1 Å². The normalized spacial score (nSPS) is 19.5. The average Bonchev–Trinajstić information content (AvgIpc) is 3.65. The first-order chi connectivity index (χ1) is 27.3. The number of nitrogens with one attached hydrogen (secondary N) is 4. The number of anilines is 1. The van der Waals surface area contributed by atoms with E-state index in [0.717, 1.165) is 79.2 Å². The van der Waals surface area contributed by atoms with E-state index in [1.807, 2.05) is 10.9 Å². The van der Waals surface area contributed by atoms with E-state index in [1.54, 1.807) is 24.3 Å². The fourth-order valence-electron chi connectivity index (χ4n) is 8.76. The van der Waals surface area contributed by atoms with Gasteiger partial charge in [-0.3, -0.25) is 14.5 Å². The van der Waals surface area contributed by atoms with E-state index in [0.29, 0.717) is 48.8 Å². The second kappa shape index (κ2) is 16.2. The van der Waals surface area contributed by atoms with Crippen LogP contribution in [0.4, 0.5) is 5.69 Å². The van der Waals surface area contributed by atoms with Gasteiger partial charge in [-0.25, -0.2) is 9.67 Å². The number of aryl methyl sites for hydroxylation is 3. The van der Waals surface area contributed by atoms with Gasteiger partial charge in [0.15, 0.2) is 5.65 Å². The Kier molecular flexibility index (Phi) is 10.9. The Morgan fingerprint density at radius 3 is 2.39 bits per heavy atom. The molecule has 56 heavy (non-hydrogen) atoms. The number of likely N-dealkylation sites (tertiary alicyclic amines) is 1. The molecule has 3 saturated heterocycles. The molecule has 11 nitrogen and oxygen atoms in total. The molecule has 1 unspecified atom stereocenters. The number of amides is 2. The zero-order valence-corrected chi connectivity index (χ0v) is 33.1. The van der Waals surface area contributed by atoms with Gasteiger partial charge in [0, 0.05) is 87.0 Å². The molecule has 4 N–H and O–H groups in total. The standard InChI is InChI=1S/C45H54N8O3/c1-5-39-37(41(50-35-16-18-56-19-17-35)38-25-49-53(7-3)42(38)51-39)24-47-44(55)34-13-9-12-33(22-34)43(54)46-23-30-15-14-29(4)36(21-30)32-11-8-10-31(20-32)26-52-27-40-45(52,6-2)28-48-40/h8-15,20-22,25,35,40,48H,5-7,16-19,23-24,26-28H2,1-4H3,(H,46,54)(H,47,55)(H,50,51)/t40-,45?/m1/s1. The summed E-state index contributed by atoms with van der Waals surface area (Å²) in [4.78, 5) is 34.7. The molecule has 0 aliphatic carbocycles. The van der Waals surface area contributed by atoms with Gasteiger partial charge in [0.1, 0.15) is 0 Å². The van der Waals surface area contributed by atoms with E-state index in [4.69, 9.17) is 9.72 Å². The summed E-state index contributed by atoms with van der Waals surface area (Å²) in [6, 6.07) is 23.0. The molecule has 0 radical (unpaired) electrons. The van der Waals surface area contributed by atoms with Gasteiger partial charge in [0.05, 0.1) is 22.8 Å². The van der Waals surface area contributed by atoms with Crippen molar-refractivity contribution in [1.82, 2.24) is 35.6 Å². The molecule has 2 amide bonds. The highest BCUT2D eigenvalue weighted by atomic mass is 16.5. The summed E-state index contributed by atoms with van der Waals surface area (Å²) in [5, 5.41) is 19.1. The molecule has 5 heterocycles. The molecule has 11 heteroatoms. The first-order valence-corrected chi connectivity index (χ1v) is 20.4. The second-order valence-electron chi connectivity index (χ2n) is 15.6. The molecule has 3 aromatic carbocycles. The predicted octanol–water partition coefficient (Wildman–Crippen LogP) is 6.38. The topological polar surface area (TPSA) is 125 Å². The van der Waals surface area contributed by atoms with E-state index in [9.17, 15) is 9.59 Å². The van der Waals surface area contributed by atoms with E-state index < -0.39 is 0 Å². The average molecular weight is 755 g/mol. The summed E-state index contributed by atoms with van der Waals surface area (Å²) in [6.45, 7) is 14.5. The minimum absolute atomic E-state index is 0.231. The van der Waals surface area contributed by atoms with Crippen molar-refractivity contribution in [3.63, 3.8) is 0 Å². The van der Waals surface area contributed by atoms with Gasteiger partial charge in [-0.1, -0.05) is 50.2 Å². The summed E-state index contributed by atoms with van der Waals surface area (Å²) in [7, 11) is 0. The number of hydrogen-bond acceptors (Lipinski definition) is 8. The van der Waals surface area contributed by atoms with Crippen LogP contribution < -0.4 is 21.3 Å². The summed E-state index contributed by atoms with van der Waals surface area (Å²) in [5.41, 5.74) is 10.8. The Bertz CT molecular complexity index is 2240. The molecule has 2 atom stereocenters. The smallest absolute Gasteiger partial charge is 0.251 e. The molecular formula is C45H54N8O3. The molecule has 3 aliphatic rings. The van der Waals surface area contributed by atoms with Crippen LogP contribution >= 0.6 is 0 Å². The summed E-state index contributed by atoms with van der Waals surface area (Å²) >= 11 is 0. The Labute approximate surface area is 329 Å². The number of carbonyl (C=O) groups excluding carboxylic acids is 2. The van der Waals surface area contributed by atoms with Gasteiger partial charge in [-0.2, -0.15) is 5.10 Å². The Morgan fingerprint density at radius 1 is 0.929 bits per heavy atom. The van der Waals surface area contributed by atoms with Gasteiger partial charge >= 0.3 is 0 Å². The molecule has 292 valence electrons. The SMILES string of the molecule is CCc1nc2c(cnn2CC)c(NC2CCOCC2)c1CNC(=O)c1cccc(C(=O)NCc2ccc(C)c(-c3cccc(CN4C[C@H]5NCC54CC)c3)c2)c1. The molecule has 0 saturated carbocycles. The molecule has 8 rings (SSSR count). The number of pyridine rings is 1. The molecule has 5 aromatic rings. The van der Waals surface area contributed by atoms with Crippen molar-refractivity contribution < 1.29 is 14.3 Å². The number of aromatic nitrogens is 3. The van der Waals surface area contributed by atoms with Crippen molar-refractivity contribution in [1.29, 1.82) is 0 Å². The van der Waals surface area contributed by atoms with Crippen molar-refractivity contribution in [2.24, 2.45) is 0 Å². The predicted molar refractivity (Wildman–Crippen MR) is 221 cm³/mol. The zero-order valence-electron chi connectivity index (χ0n) is 33.1. The highest BCUT2D eigenvalue weighted by Gasteiger charge is 2.57. The van der Waals surface area contributed by atoms with E-state index in [-0.39, 0.29) is 17.9 Å². The summed E-state index contributed by atoms with van der Waals surface area (Å²) in [5.74, 6) is -0.484. The number of carbonyl (C=O) groups is 2. The number of rotatable bonds is 14. The number of piperazine rings is 1. The van der Waals surface area contributed by atoms with Crippen molar-refractivity contribution in [2.45, 2.75) is 97.2 Å². The second-order valence-corrected chi connectivity index (χ2v) is 15.6. The van der Waals surface area contributed by atoms with Crippen LogP contribution in [-0.2, 0) is 37.3 Å². The maximum atomic E-state index is 13.6. The molecule has 0 bridgehead atoms.